The van der Waals surface area contributed by atoms with Crippen molar-refractivity contribution in [1.29, 1.82) is 0 Å². The zero-order valence-electron chi connectivity index (χ0n) is 19.7. The topological polar surface area (TPSA) is 18.0 Å². The van der Waals surface area contributed by atoms with E-state index < -0.39 is 18.4 Å². The van der Waals surface area contributed by atoms with Gasteiger partial charge in [0, 0.05) is 0 Å². The SMILES string of the molecule is CCC[CH2][Sn]([CH2]CCC)([CH2]CCCCCn1cc[n+](C)c1)[c]1cccc(OC)c1.[I-]. The molecule has 2 rings (SSSR count). The van der Waals surface area contributed by atoms with Crippen LogP contribution in [0.1, 0.15) is 65.2 Å². The molecule has 170 valence electrons. The van der Waals surface area contributed by atoms with E-state index in [1.54, 1.807) is 10.7 Å². The van der Waals surface area contributed by atoms with Gasteiger partial charge in [0.25, 0.3) is 0 Å². The van der Waals surface area contributed by atoms with Crippen LogP contribution in [0.5, 0.6) is 5.75 Å². The van der Waals surface area contributed by atoms with Gasteiger partial charge in [-0.25, -0.2) is 0 Å². The Bertz CT molecular complexity index is 696. The quantitative estimate of drug-likeness (QED) is 0.128. The summed E-state index contributed by atoms with van der Waals surface area (Å²) in [4.78, 5) is 0. The van der Waals surface area contributed by atoms with E-state index in [-0.39, 0.29) is 24.0 Å². The molecule has 1 heterocycles. The molecule has 1 aromatic heterocycles. The number of imidazole rings is 1. The summed E-state index contributed by atoms with van der Waals surface area (Å²) in [6, 6.07) is 9.18. The van der Waals surface area contributed by atoms with Gasteiger partial charge in [0.1, 0.15) is 0 Å². The number of aromatic nitrogens is 2. The normalized spacial score (nSPS) is 11.3. The number of benzene rings is 1. The Morgan fingerprint density at radius 2 is 1.60 bits per heavy atom. The summed E-state index contributed by atoms with van der Waals surface area (Å²) in [5.41, 5.74) is 0. The van der Waals surface area contributed by atoms with Gasteiger partial charge in [0.2, 0.25) is 0 Å². The Morgan fingerprint density at radius 3 is 2.20 bits per heavy atom. The minimum Gasteiger partial charge on any atom is -1.00 e. The number of methoxy groups -OCH3 is 1. The maximum absolute atomic E-state index is 5.59. The third-order valence-electron chi connectivity index (χ3n) is 6.35. The zero-order chi connectivity index (χ0) is 21.0. The molecule has 3 nitrogen and oxygen atoms in total. The number of nitrogens with zero attached hydrogens (tertiary/aromatic N) is 2. The van der Waals surface area contributed by atoms with Gasteiger partial charge in [-0.05, 0) is 0 Å². The molecule has 0 aliphatic heterocycles. The van der Waals surface area contributed by atoms with E-state index in [4.69, 9.17) is 4.74 Å². The summed E-state index contributed by atoms with van der Waals surface area (Å²) in [6.07, 6.45) is 17.4. The average molecular weight is 633 g/mol. The Balaban J connectivity index is 0.00000450. The number of halogens is 1. The first kappa shape index (κ1) is 27.8. The van der Waals surface area contributed by atoms with Crippen LogP contribution < -0.4 is 36.9 Å². The van der Waals surface area contributed by atoms with Crippen molar-refractivity contribution in [3.8, 4) is 5.75 Å². The molecule has 0 radical (unpaired) electrons. The van der Waals surface area contributed by atoms with E-state index in [1.165, 1.54) is 64.7 Å². The van der Waals surface area contributed by atoms with Crippen molar-refractivity contribution in [2.45, 2.75) is 85.1 Å². The van der Waals surface area contributed by atoms with E-state index in [1.807, 2.05) is 0 Å². The van der Waals surface area contributed by atoms with Crippen molar-refractivity contribution in [1.82, 2.24) is 4.57 Å². The minimum absolute atomic E-state index is 0. The van der Waals surface area contributed by atoms with Crippen LogP contribution in [0.2, 0.25) is 13.3 Å². The molecule has 0 fully saturated rings. The van der Waals surface area contributed by atoms with Gasteiger partial charge >= 0.3 is 184 Å². The molecule has 2 aromatic rings. The summed E-state index contributed by atoms with van der Waals surface area (Å²) in [5.74, 6) is 1.05. The second-order valence-electron chi connectivity index (χ2n) is 8.70. The summed E-state index contributed by atoms with van der Waals surface area (Å²) < 4.78 is 16.3. The van der Waals surface area contributed by atoms with Crippen LogP contribution in [0.25, 0.3) is 0 Å². The Morgan fingerprint density at radius 1 is 0.933 bits per heavy atom. The molecule has 0 aliphatic rings. The third kappa shape index (κ3) is 9.09. The van der Waals surface area contributed by atoms with Crippen molar-refractivity contribution in [2.24, 2.45) is 7.05 Å². The number of rotatable bonds is 15. The fourth-order valence-corrected chi connectivity index (χ4v) is 20.2. The van der Waals surface area contributed by atoms with Crippen LogP contribution >= 0.6 is 0 Å². The molecule has 1 aromatic carbocycles. The largest absolute Gasteiger partial charge is 1.00 e. The molecule has 0 saturated carbocycles. The number of unbranched alkanes of at least 4 members (excludes halogenated alkanes) is 5. The molecule has 0 amide bonds. The van der Waals surface area contributed by atoms with Crippen molar-refractivity contribution < 1.29 is 33.3 Å². The second kappa shape index (κ2) is 15.5. The molecule has 0 N–H and O–H groups in total. The predicted octanol–water partition coefficient (Wildman–Crippen LogP) is 2.84. The molecule has 0 saturated heterocycles. The summed E-state index contributed by atoms with van der Waals surface area (Å²) in [5, 5.41) is 0. The van der Waals surface area contributed by atoms with Gasteiger partial charge in [0.15, 0.2) is 0 Å². The molecular weight excluding hydrogens is 590 g/mol. The van der Waals surface area contributed by atoms with Crippen molar-refractivity contribution in [3.63, 3.8) is 0 Å². The molecule has 0 aliphatic carbocycles. The third-order valence-corrected chi connectivity index (χ3v) is 22.0. The summed E-state index contributed by atoms with van der Waals surface area (Å²) in [6.45, 7) is 5.85. The fraction of sp³-hybridized carbons (Fsp3) is 0.640. The van der Waals surface area contributed by atoms with Gasteiger partial charge in [-0.15, -0.1) is 0 Å². The standard InChI is InChI=1S/C10H18N2.C7H7O.2C4H9.HI.Sn/c1-3-4-5-6-7-12-9-8-11(2)10-12;1-8-7-5-3-2-4-6-7;2*1-3-4-2;;/h8-10H,1,3-7H2,2H3;2-3,5-6H,1H3;2*1,3-4H2,2H3;1H;/q+1;;;;;/p-1. The zero-order valence-corrected chi connectivity index (χ0v) is 24.7. The minimum atomic E-state index is -2.38. The maximum atomic E-state index is 5.59. The second-order valence-corrected chi connectivity index (χ2v) is 21.9. The van der Waals surface area contributed by atoms with E-state index >= 15 is 0 Å². The van der Waals surface area contributed by atoms with E-state index in [2.05, 4.69) is 73.0 Å². The first-order valence-electron chi connectivity index (χ1n) is 11.8. The van der Waals surface area contributed by atoms with Crippen molar-refractivity contribution in [3.05, 3.63) is 43.0 Å². The van der Waals surface area contributed by atoms with Crippen LogP contribution in [0.15, 0.2) is 43.0 Å². The van der Waals surface area contributed by atoms with Crippen molar-refractivity contribution >= 4 is 22.0 Å². The monoisotopic (exact) mass is 634 g/mol. The smallest absolute Gasteiger partial charge is 1.00 e. The molecule has 0 atom stereocenters. The van der Waals surface area contributed by atoms with Gasteiger partial charge in [-0.3, -0.25) is 0 Å². The van der Waals surface area contributed by atoms with Crippen LogP contribution in [0.4, 0.5) is 0 Å². The van der Waals surface area contributed by atoms with Crippen LogP contribution in [-0.2, 0) is 13.6 Å². The number of hydrogen-bond donors (Lipinski definition) is 0. The predicted molar refractivity (Wildman–Crippen MR) is 127 cm³/mol. The molecule has 0 bridgehead atoms. The molecule has 0 spiro atoms. The molecular formula is C25H43IN2OSn. The van der Waals surface area contributed by atoms with Gasteiger partial charge in [0.05, 0.1) is 0 Å². The Hall–Kier alpha value is -0.241. The Kier molecular flexibility index (Phi) is 14.4. The molecule has 30 heavy (non-hydrogen) atoms. The van der Waals surface area contributed by atoms with E-state index in [0.717, 1.165) is 12.3 Å². The van der Waals surface area contributed by atoms with Crippen molar-refractivity contribution in [2.75, 3.05) is 7.11 Å². The Labute approximate surface area is 206 Å². The van der Waals surface area contributed by atoms with Crippen LogP contribution in [-0.4, -0.2) is 30.1 Å². The fourth-order valence-electron chi connectivity index (χ4n) is 4.54. The van der Waals surface area contributed by atoms with E-state index in [9.17, 15) is 0 Å². The molecule has 5 heteroatoms. The van der Waals surface area contributed by atoms with Gasteiger partial charge < -0.3 is 24.0 Å². The van der Waals surface area contributed by atoms with Gasteiger partial charge in [-0.2, -0.15) is 0 Å². The van der Waals surface area contributed by atoms with Crippen LogP contribution in [0, 0.1) is 0 Å². The number of aryl methyl sites for hydroxylation is 2. The van der Waals surface area contributed by atoms with Gasteiger partial charge in [-0.1, -0.05) is 0 Å². The first-order chi connectivity index (χ1) is 14.1. The molecule has 0 unspecified atom stereocenters. The average Bonchev–Trinajstić information content (AvgIpc) is 3.17. The number of ether oxygens (including phenoxy) is 1. The summed E-state index contributed by atoms with van der Waals surface area (Å²) >= 11 is -2.38. The van der Waals surface area contributed by atoms with E-state index in [0.29, 0.717) is 0 Å². The van der Waals surface area contributed by atoms with Crippen LogP contribution in [0.3, 0.4) is 0 Å². The number of hydrogen-bond acceptors (Lipinski definition) is 1. The summed E-state index contributed by atoms with van der Waals surface area (Å²) in [7, 11) is 3.90. The first-order valence-corrected chi connectivity index (χ1v) is 19.3. The maximum Gasteiger partial charge on any atom is -1.00 e.